The Morgan fingerprint density at radius 1 is 1.41 bits per heavy atom. The second-order valence-corrected chi connectivity index (χ2v) is 5.29. The summed E-state index contributed by atoms with van der Waals surface area (Å²) >= 11 is 0. The van der Waals surface area contributed by atoms with Crippen LogP contribution in [0.3, 0.4) is 0 Å². The lowest BCUT2D eigenvalue weighted by Crippen LogP contribution is -2.15. The number of halogens is 2. The van der Waals surface area contributed by atoms with Crippen molar-refractivity contribution in [2.24, 2.45) is 5.16 Å². The summed E-state index contributed by atoms with van der Waals surface area (Å²) in [5, 5.41) is 3.82. The highest BCUT2D eigenvalue weighted by Gasteiger charge is 2.26. The lowest BCUT2D eigenvalue weighted by molar-refractivity contribution is -0.121. The van der Waals surface area contributed by atoms with Gasteiger partial charge in [0, 0.05) is 44.6 Å². The van der Waals surface area contributed by atoms with Crippen LogP contribution in [0.25, 0.3) is 0 Å². The minimum Gasteiger partial charge on any atom is -0.391 e. The Hall–Kier alpha value is -1.82. The molecule has 0 saturated heterocycles. The van der Waals surface area contributed by atoms with E-state index in [-0.39, 0.29) is 23.9 Å². The monoisotopic (exact) mass is 311 g/mol. The van der Waals surface area contributed by atoms with E-state index in [9.17, 15) is 13.6 Å². The van der Waals surface area contributed by atoms with Gasteiger partial charge in [0.05, 0.1) is 5.71 Å². The lowest BCUT2D eigenvalue weighted by atomic mass is 10.00. The topological polar surface area (TPSA) is 47.9 Å². The number of hydrogen-bond donors (Lipinski definition) is 0. The molecule has 1 aromatic rings. The highest BCUT2D eigenvalue weighted by Crippen LogP contribution is 2.22. The highest BCUT2D eigenvalue weighted by atomic mass is 19.1. The van der Waals surface area contributed by atoms with Gasteiger partial charge in [-0.15, -0.1) is 0 Å². The summed E-state index contributed by atoms with van der Waals surface area (Å²) in [6, 6.07) is 3.32. The largest absolute Gasteiger partial charge is 0.391 e. The average molecular weight is 311 g/mol. The van der Waals surface area contributed by atoms with E-state index in [0.717, 1.165) is 18.9 Å². The van der Waals surface area contributed by atoms with E-state index in [2.05, 4.69) is 5.16 Å². The van der Waals surface area contributed by atoms with Crippen LogP contribution in [-0.4, -0.2) is 31.3 Å². The van der Waals surface area contributed by atoms with E-state index in [0.29, 0.717) is 25.2 Å². The number of Topliss-reactive ketones (excluding diaryl/α,β-unsaturated/α-hetero) is 1. The fourth-order valence-corrected chi connectivity index (χ4v) is 2.34. The van der Waals surface area contributed by atoms with Crippen molar-refractivity contribution in [1.29, 1.82) is 0 Å². The van der Waals surface area contributed by atoms with Gasteiger partial charge >= 0.3 is 0 Å². The predicted molar refractivity (Wildman–Crippen MR) is 77.7 cm³/mol. The van der Waals surface area contributed by atoms with Crippen molar-refractivity contribution in [1.82, 2.24) is 0 Å². The molecule has 1 aliphatic heterocycles. The fourth-order valence-electron chi connectivity index (χ4n) is 2.34. The van der Waals surface area contributed by atoms with Crippen LogP contribution in [0.5, 0.6) is 0 Å². The summed E-state index contributed by atoms with van der Waals surface area (Å²) in [6.45, 7) is 0.643. The van der Waals surface area contributed by atoms with Crippen molar-refractivity contribution in [3.8, 4) is 0 Å². The van der Waals surface area contributed by atoms with Crippen LogP contribution >= 0.6 is 0 Å². The third kappa shape index (κ3) is 4.59. The van der Waals surface area contributed by atoms with Gasteiger partial charge in [-0.2, -0.15) is 0 Å². The summed E-state index contributed by atoms with van der Waals surface area (Å²) in [5.41, 5.74) is 0.631. The predicted octanol–water partition coefficient (Wildman–Crippen LogP) is 3.23. The number of carbonyl (C=O) groups excluding carboxylic acids is 1. The van der Waals surface area contributed by atoms with Gasteiger partial charge in [0.25, 0.3) is 0 Å². The lowest BCUT2D eigenvalue weighted by Gasteiger charge is -2.07. The van der Waals surface area contributed by atoms with E-state index in [4.69, 9.17) is 9.57 Å². The maximum Gasteiger partial charge on any atom is 0.140 e. The Bertz CT molecular complexity index is 560. The summed E-state index contributed by atoms with van der Waals surface area (Å²) in [5.74, 6) is -1.21. The molecule has 6 heteroatoms. The maximum absolute atomic E-state index is 13.7. The number of carbonyl (C=O) groups is 1. The van der Waals surface area contributed by atoms with Gasteiger partial charge in [0.15, 0.2) is 0 Å². The molecule has 120 valence electrons. The number of hydrogen-bond acceptors (Lipinski definition) is 4. The van der Waals surface area contributed by atoms with Crippen LogP contribution in [-0.2, 0) is 14.4 Å². The first-order chi connectivity index (χ1) is 10.6. The molecule has 1 aromatic carbocycles. The Morgan fingerprint density at radius 2 is 2.23 bits per heavy atom. The molecule has 0 aromatic heterocycles. The Morgan fingerprint density at radius 3 is 2.95 bits per heavy atom. The third-order valence-electron chi connectivity index (χ3n) is 3.48. The molecule has 4 nitrogen and oxygen atoms in total. The first kappa shape index (κ1) is 16.5. The molecule has 0 fully saturated rings. The molecule has 0 spiro atoms. The quantitative estimate of drug-likeness (QED) is 0.693. The van der Waals surface area contributed by atoms with Gasteiger partial charge in [0.1, 0.15) is 23.5 Å². The number of unbranched alkanes of at least 4 members (excludes halogenated alkanes) is 1. The van der Waals surface area contributed by atoms with Crippen molar-refractivity contribution < 1.29 is 23.1 Å². The number of methoxy groups -OCH3 is 1. The molecule has 1 unspecified atom stereocenters. The van der Waals surface area contributed by atoms with Gasteiger partial charge in [-0.05, 0) is 25.0 Å². The van der Waals surface area contributed by atoms with Crippen molar-refractivity contribution in [2.45, 2.75) is 38.2 Å². The number of ketones is 1. The van der Waals surface area contributed by atoms with Gasteiger partial charge in [-0.3, -0.25) is 4.79 Å². The van der Waals surface area contributed by atoms with Crippen LogP contribution < -0.4 is 0 Å². The van der Waals surface area contributed by atoms with E-state index < -0.39 is 11.6 Å². The second kappa shape index (κ2) is 7.98. The van der Waals surface area contributed by atoms with Crippen LogP contribution in [0, 0.1) is 11.6 Å². The molecule has 1 atom stereocenters. The van der Waals surface area contributed by atoms with Crippen LogP contribution in [0.4, 0.5) is 8.78 Å². The van der Waals surface area contributed by atoms with Gasteiger partial charge in [-0.1, -0.05) is 5.16 Å². The molecule has 1 heterocycles. The molecule has 1 aliphatic rings. The van der Waals surface area contributed by atoms with Crippen LogP contribution in [0.15, 0.2) is 23.4 Å². The van der Waals surface area contributed by atoms with E-state index in [1.165, 1.54) is 12.1 Å². The summed E-state index contributed by atoms with van der Waals surface area (Å²) < 4.78 is 31.5. The zero-order valence-corrected chi connectivity index (χ0v) is 12.5. The molecular weight excluding hydrogens is 292 g/mol. The molecule has 0 bridgehead atoms. The summed E-state index contributed by atoms with van der Waals surface area (Å²) in [6.07, 6.45) is 2.34. The molecule has 0 radical (unpaired) electrons. The fraction of sp³-hybridized carbons (Fsp3) is 0.500. The van der Waals surface area contributed by atoms with Crippen molar-refractivity contribution in [3.63, 3.8) is 0 Å². The van der Waals surface area contributed by atoms with Crippen LogP contribution in [0.2, 0.25) is 0 Å². The molecular formula is C16H19F2NO3. The Kier molecular flexibility index (Phi) is 6.00. The van der Waals surface area contributed by atoms with Crippen molar-refractivity contribution >= 4 is 11.5 Å². The number of benzene rings is 1. The SMILES string of the molecule is COCCCCC(=O)CC1CC(c2ccc(F)cc2F)=NO1. The van der Waals surface area contributed by atoms with Crippen molar-refractivity contribution in [2.75, 3.05) is 13.7 Å². The van der Waals surface area contributed by atoms with Gasteiger partial charge < -0.3 is 9.57 Å². The molecule has 0 aliphatic carbocycles. The zero-order chi connectivity index (χ0) is 15.9. The smallest absolute Gasteiger partial charge is 0.140 e. The molecule has 0 amide bonds. The highest BCUT2D eigenvalue weighted by molar-refractivity contribution is 6.01. The normalized spacial score (nSPS) is 17.2. The number of nitrogens with zero attached hydrogens (tertiary/aromatic N) is 1. The van der Waals surface area contributed by atoms with Crippen molar-refractivity contribution in [3.05, 3.63) is 35.4 Å². The van der Waals surface area contributed by atoms with Gasteiger partial charge in [0.2, 0.25) is 0 Å². The molecule has 0 N–H and O–H groups in total. The minimum absolute atomic E-state index is 0.0946. The van der Waals surface area contributed by atoms with E-state index in [1.54, 1.807) is 7.11 Å². The minimum atomic E-state index is -0.672. The standard InChI is InChI=1S/C16H19F2NO3/c1-21-7-3-2-4-12(20)9-13-10-16(19-22-13)14-6-5-11(17)8-15(14)18/h5-6,8,13H,2-4,7,9-10H2,1H3. The molecule has 2 rings (SSSR count). The Labute approximate surface area is 128 Å². The second-order valence-electron chi connectivity index (χ2n) is 5.29. The van der Waals surface area contributed by atoms with E-state index in [1.807, 2.05) is 0 Å². The third-order valence-corrected chi connectivity index (χ3v) is 3.48. The number of ether oxygens (including phenoxy) is 1. The first-order valence-electron chi connectivity index (χ1n) is 7.29. The number of rotatable bonds is 8. The Balaban J connectivity index is 1.80. The zero-order valence-electron chi connectivity index (χ0n) is 12.5. The number of oxime groups is 1. The van der Waals surface area contributed by atoms with Gasteiger partial charge in [-0.25, -0.2) is 8.78 Å². The first-order valence-corrected chi connectivity index (χ1v) is 7.29. The molecule has 22 heavy (non-hydrogen) atoms. The molecule has 0 saturated carbocycles. The summed E-state index contributed by atoms with van der Waals surface area (Å²) in [7, 11) is 1.63. The van der Waals surface area contributed by atoms with E-state index >= 15 is 0 Å². The maximum atomic E-state index is 13.7. The van der Waals surface area contributed by atoms with Crippen LogP contribution in [0.1, 0.15) is 37.7 Å². The average Bonchev–Trinajstić information content (AvgIpc) is 2.92. The summed E-state index contributed by atoms with van der Waals surface area (Å²) in [4.78, 5) is 17.0.